The highest BCUT2D eigenvalue weighted by atomic mass is 19.1. The van der Waals surface area contributed by atoms with Gasteiger partial charge in [0.25, 0.3) is 0 Å². The van der Waals surface area contributed by atoms with E-state index >= 15 is 0 Å². The van der Waals surface area contributed by atoms with Crippen LogP contribution in [0.3, 0.4) is 0 Å². The van der Waals surface area contributed by atoms with Gasteiger partial charge in [0.15, 0.2) is 17.4 Å². The summed E-state index contributed by atoms with van der Waals surface area (Å²) >= 11 is 0. The Morgan fingerprint density at radius 3 is 2.32 bits per heavy atom. The second kappa shape index (κ2) is 8.07. The summed E-state index contributed by atoms with van der Waals surface area (Å²) in [6.07, 6.45) is 1.21. The molecule has 0 radical (unpaired) electrons. The van der Waals surface area contributed by atoms with Crippen molar-refractivity contribution in [3.63, 3.8) is 0 Å². The molecule has 0 fully saturated rings. The van der Waals surface area contributed by atoms with Crippen LogP contribution in [0.1, 0.15) is 25.8 Å². The summed E-state index contributed by atoms with van der Waals surface area (Å²) in [6.45, 7) is 4.74. The largest absolute Gasteiger partial charge is 0.485 e. The fraction of sp³-hybridized carbons (Fsp3) is 0.571. The van der Waals surface area contributed by atoms with Gasteiger partial charge >= 0.3 is 0 Å². The van der Waals surface area contributed by atoms with Gasteiger partial charge in [-0.25, -0.2) is 8.78 Å². The maximum Gasteiger partial charge on any atom is 0.190 e. The van der Waals surface area contributed by atoms with Crippen molar-refractivity contribution in [2.24, 2.45) is 5.73 Å². The van der Waals surface area contributed by atoms with Crippen LogP contribution >= 0.6 is 0 Å². The van der Waals surface area contributed by atoms with E-state index in [9.17, 15) is 8.78 Å². The van der Waals surface area contributed by atoms with Crippen LogP contribution in [0.2, 0.25) is 0 Å². The molecule has 1 atom stereocenters. The third-order valence-corrected chi connectivity index (χ3v) is 2.76. The van der Waals surface area contributed by atoms with Gasteiger partial charge in [-0.15, -0.1) is 0 Å². The van der Waals surface area contributed by atoms with Crippen LogP contribution < -0.4 is 10.5 Å². The van der Waals surface area contributed by atoms with Gasteiger partial charge in [0.2, 0.25) is 0 Å². The van der Waals surface area contributed by atoms with Gasteiger partial charge in [-0.3, -0.25) is 0 Å². The van der Waals surface area contributed by atoms with Gasteiger partial charge in [-0.05, 0) is 37.5 Å². The third kappa shape index (κ3) is 5.12. The average molecular weight is 273 g/mol. The Labute approximate surface area is 112 Å². The Kier molecular flexibility index (Phi) is 6.73. The fourth-order valence-electron chi connectivity index (χ4n) is 1.66. The van der Waals surface area contributed by atoms with E-state index in [1.807, 2.05) is 13.8 Å². The second-order valence-electron chi connectivity index (χ2n) is 4.31. The zero-order valence-corrected chi connectivity index (χ0v) is 11.4. The molecule has 1 unspecified atom stereocenters. The van der Waals surface area contributed by atoms with E-state index in [0.717, 1.165) is 6.42 Å². The summed E-state index contributed by atoms with van der Waals surface area (Å²) < 4.78 is 37.5. The lowest BCUT2D eigenvalue weighted by molar-refractivity contribution is 0.107. The molecule has 5 heteroatoms. The Morgan fingerprint density at radius 1 is 1.16 bits per heavy atom. The van der Waals surface area contributed by atoms with E-state index in [0.29, 0.717) is 25.2 Å². The molecule has 1 aromatic rings. The molecule has 0 bridgehead atoms. The first-order chi connectivity index (χ1) is 9.08. The minimum absolute atomic E-state index is 0.0940. The number of rotatable bonds is 8. The molecule has 108 valence electrons. The van der Waals surface area contributed by atoms with Crippen molar-refractivity contribution in [1.82, 2.24) is 0 Å². The smallest absolute Gasteiger partial charge is 0.190 e. The highest BCUT2D eigenvalue weighted by molar-refractivity contribution is 5.31. The first-order valence-electron chi connectivity index (χ1n) is 6.52. The van der Waals surface area contributed by atoms with Crippen molar-refractivity contribution in [2.45, 2.75) is 32.7 Å². The van der Waals surface area contributed by atoms with E-state index < -0.39 is 11.6 Å². The van der Waals surface area contributed by atoms with Crippen molar-refractivity contribution >= 4 is 0 Å². The molecule has 0 saturated heterocycles. The molecule has 0 saturated carbocycles. The first-order valence-corrected chi connectivity index (χ1v) is 6.52. The van der Waals surface area contributed by atoms with E-state index in [4.69, 9.17) is 15.2 Å². The van der Waals surface area contributed by atoms with E-state index in [1.165, 1.54) is 12.1 Å². The molecule has 0 aliphatic carbocycles. The molecular formula is C14H21F2NO2. The van der Waals surface area contributed by atoms with Crippen molar-refractivity contribution in [1.29, 1.82) is 0 Å². The van der Waals surface area contributed by atoms with Crippen molar-refractivity contribution in [3.8, 4) is 5.75 Å². The number of ether oxygens (including phenoxy) is 2. The highest BCUT2D eigenvalue weighted by Gasteiger charge is 2.13. The number of nitrogens with two attached hydrogens (primary N) is 1. The lowest BCUT2D eigenvalue weighted by Gasteiger charge is -2.12. The van der Waals surface area contributed by atoms with E-state index in [-0.39, 0.29) is 18.4 Å². The zero-order chi connectivity index (χ0) is 14.3. The van der Waals surface area contributed by atoms with Crippen LogP contribution in [0.15, 0.2) is 12.1 Å². The molecule has 19 heavy (non-hydrogen) atoms. The third-order valence-electron chi connectivity index (χ3n) is 2.76. The van der Waals surface area contributed by atoms with Crippen LogP contribution in [-0.4, -0.2) is 25.9 Å². The monoisotopic (exact) mass is 273 g/mol. The SMILES string of the molecule is CCOCCOc1c(F)cc(CC(N)CC)cc1F. The topological polar surface area (TPSA) is 44.5 Å². The predicted octanol–water partition coefficient (Wildman–Crippen LogP) is 2.66. The van der Waals surface area contributed by atoms with Gasteiger partial charge in [-0.2, -0.15) is 0 Å². The highest BCUT2D eigenvalue weighted by Crippen LogP contribution is 2.24. The number of halogens is 2. The van der Waals surface area contributed by atoms with Crippen LogP contribution in [0.4, 0.5) is 8.78 Å². The minimum atomic E-state index is -0.699. The normalized spacial score (nSPS) is 12.5. The maximum absolute atomic E-state index is 13.7. The summed E-state index contributed by atoms with van der Waals surface area (Å²) in [5.74, 6) is -1.75. The minimum Gasteiger partial charge on any atom is -0.485 e. The van der Waals surface area contributed by atoms with Crippen molar-refractivity contribution < 1.29 is 18.3 Å². The lowest BCUT2D eigenvalue weighted by atomic mass is 10.0. The van der Waals surface area contributed by atoms with Crippen LogP contribution in [0, 0.1) is 11.6 Å². The molecular weight excluding hydrogens is 252 g/mol. The summed E-state index contributed by atoms with van der Waals surface area (Å²) in [6, 6.07) is 2.45. The Hall–Kier alpha value is -1.20. The fourth-order valence-corrected chi connectivity index (χ4v) is 1.66. The standard InChI is InChI=1S/C14H21F2NO2/c1-3-11(17)7-10-8-12(15)14(13(16)9-10)19-6-5-18-4-2/h8-9,11H,3-7,17H2,1-2H3. The van der Waals surface area contributed by atoms with Gasteiger partial charge in [0, 0.05) is 12.6 Å². The Morgan fingerprint density at radius 2 is 1.79 bits per heavy atom. The predicted molar refractivity (Wildman–Crippen MR) is 70.3 cm³/mol. The molecule has 1 rings (SSSR count). The first kappa shape index (κ1) is 15.9. The number of hydrogen-bond acceptors (Lipinski definition) is 3. The van der Waals surface area contributed by atoms with Gasteiger partial charge in [-0.1, -0.05) is 6.92 Å². The lowest BCUT2D eigenvalue weighted by Crippen LogP contribution is -2.21. The summed E-state index contributed by atoms with van der Waals surface area (Å²) in [7, 11) is 0. The van der Waals surface area contributed by atoms with Crippen LogP contribution in [-0.2, 0) is 11.2 Å². The van der Waals surface area contributed by atoms with Crippen LogP contribution in [0.25, 0.3) is 0 Å². The maximum atomic E-state index is 13.7. The van der Waals surface area contributed by atoms with Crippen molar-refractivity contribution in [2.75, 3.05) is 19.8 Å². The number of benzene rings is 1. The quantitative estimate of drug-likeness (QED) is 0.741. The molecule has 0 aliphatic heterocycles. The van der Waals surface area contributed by atoms with Gasteiger partial charge < -0.3 is 15.2 Å². The molecule has 1 aromatic carbocycles. The van der Waals surface area contributed by atoms with E-state index in [2.05, 4.69) is 0 Å². The van der Waals surface area contributed by atoms with E-state index in [1.54, 1.807) is 0 Å². The molecule has 0 aromatic heterocycles. The number of hydrogen-bond donors (Lipinski definition) is 1. The molecule has 0 heterocycles. The summed E-state index contributed by atoms with van der Waals surface area (Å²) in [5.41, 5.74) is 6.31. The Balaban J connectivity index is 2.68. The zero-order valence-electron chi connectivity index (χ0n) is 11.4. The molecule has 2 N–H and O–H groups in total. The van der Waals surface area contributed by atoms with Crippen LogP contribution in [0.5, 0.6) is 5.75 Å². The Bertz CT molecular complexity index is 376. The molecule has 0 amide bonds. The molecule has 0 spiro atoms. The second-order valence-corrected chi connectivity index (χ2v) is 4.31. The van der Waals surface area contributed by atoms with Gasteiger partial charge in [0.05, 0.1) is 6.61 Å². The molecule has 0 aliphatic rings. The van der Waals surface area contributed by atoms with Crippen molar-refractivity contribution in [3.05, 3.63) is 29.3 Å². The average Bonchev–Trinajstić information content (AvgIpc) is 2.37. The summed E-state index contributed by atoms with van der Waals surface area (Å²) in [4.78, 5) is 0. The molecule has 3 nitrogen and oxygen atoms in total. The summed E-state index contributed by atoms with van der Waals surface area (Å²) in [5, 5.41) is 0. The van der Waals surface area contributed by atoms with Gasteiger partial charge in [0.1, 0.15) is 6.61 Å².